The van der Waals surface area contributed by atoms with Crippen molar-refractivity contribution in [3.8, 4) is 12.3 Å². The van der Waals surface area contributed by atoms with Gasteiger partial charge in [-0.15, -0.1) is 12.3 Å². The molecule has 1 aromatic heterocycles. The lowest BCUT2D eigenvalue weighted by Crippen LogP contribution is -2.28. The molecule has 1 aliphatic heterocycles. The molecule has 25 heavy (non-hydrogen) atoms. The molecule has 5 nitrogen and oxygen atoms in total. The van der Waals surface area contributed by atoms with E-state index in [4.69, 9.17) is 11.4 Å². The maximum atomic E-state index is 12.7. The second-order valence-corrected chi connectivity index (χ2v) is 6.78. The summed E-state index contributed by atoms with van der Waals surface area (Å²) in [6.45, 7) is 0.534. The summed E-state index contributed by atoms with van der Waals surface area (Å²) in [6, 6.07) is 9.77. The van der Waals surface area contributed by atoms with Crippen molar-refractivity contribution in [2.45, 2.75) is 43.7 Å². The SMILES string of the molecule is C#CCCC1(CCNC(=O)c2cc(C3CC3)nc3ccccc23)N=N1. The van der Waals surface area contributed by atoms with Gasteiger partial charge in [-0.3, -0.25) is 9.78 Å². The minimum Gasteiger partial charge on any atom is -0.352 e. The number of hydrogen-bond acceptors (Lipinski definition) is 4. The number of rotatable bonds is 7. The molecular weight excluding hydrogens is 312 g/mol. The van der Waals surface area contributed by atoms with Crippen LogP contribution in [0.2, 0.25) is 0 Å². The Balaban J connectivity index is 1.47. The maximum Gasteiger partial charge on any atom is 0.252 e. The number of nitrogens with zero attached hydrogens (tertiary/aromatic N) is 3. The number of aromatic nitrogens is 1. The van der Waals surface area contributed by atoms with E-state index in [2.05, 4.69) is 21.5 Å². The number of terminal acetylenes is 1. The van der Waals surface area contributed by atoms with Crippen molar-refractivity contribution in [3.63, 3.8) is 0 Å². The summed E-state index contributed by atoms with van der Waals surface area (Å²) >= 11 is 0. The van der Waals surface area contributed by atoms with E-state index in [1.807, 2.05) is 30.3 Å². The van der Waals surface area contributed by atoms with Gasteiger partial charge in [0, 0.05) is 42.8 Å². The van der Waals surface area contributed by atoms with Crippen molar-refractivity contribution in [1.82, 2.24) is 10.3 Å². The zero-order valence-electron chi connectivity index (χ0n) is 14.0. The zero-order chi connectivity index (χ0) is 17.3. The first-order valence-electron chi connectivity index (χ1n) is 8.76. The number of nitrogens with one attached hydrogen (secondary N) is 1. The van der Waals surface area contributed by atoms with E-state index >= 15 is 0 Å². The molecule has 1 aromatic carbocycles. The van der Waals surface area contributed by atoms with Crippen molar-refractivity contribution in [3.05, 3.63) is 41.6 Å². The van der Waals surface area contributed by atoms with E-state index in [1.54, 1.807) is 0 Å². The molecule has 126 valence electrons. The van der Waals surface area contributed by atoms with Gasteiger partial charge >= 0.3 is 0 Å². The fraction of sp³-hybridized carbons (Fsp3) is 0.400. The standard InChI is InChI=1S/C20H20N4O/c1-2-3-10-20(23-24-20)11-12-21-19(25)16-13-18(14-8-9-14)22-17-7-5-4-6-15(16)17/h1,4-7,13-14H,3,8-12H2,(H,21,25). The topological polar surface area (TPSA) is 66.7 Å². The van der Waals surface area contributed by atoms with Crippen LogP contribution in [0.5, 0.6) is 0 Å². The summed E-state index contributed by atoms with van der Waals surface area (Å²) in [6.07, 6.45) is 9.72. The Labute approximate surface area is 146 Å². The van der Waals surface area contributed by atoms with E-state index in [1.165, 1.54) is 0 Å². The van der Waals surface area contributed by atoms with Gasteiger partial charge in [-0.1, -0.05) is 18.2 Å². The molecule has 5 heteroatoms. The molecule has 1 aliphatic carbocycles. The number of benzene rings is 1. The zero-order valence-corrected chi connectivity index (χ0v) is 14.0. The third-order valence-corrected chi connectivity index (χ3v) is 4.84. The van der Waals surface area contributed by atoms with Gasteiger partial charge in [-0.05, 0) is 25.0 Å². The predicted molar refractivity (Wildman–Crippen MR) is 96.3 cm³/mol. The summed E-state index contributed by atoms with van der Waals surface area (Å²) in [5, 5.41) is 12.1. The van der Waals surface area contributed by atoms with Gasteiger partial charge in [-0.2, -0.15) is 10.2 Å². The molecule has 0 atom stereocenters. The molecule has 4 rings (SSSR count). The van der Waals surface area contributed by atoms with Crippen LogP contribution in [-0.4, -0.2) is 23.1 Å². The number of para-hydroxylation sites is 1. The molecule has 1 N–H and O–H groups in total. The van der Waals surface area contributed by atoms with Gasteiger partial charge in [-0.25, -0.2) is 0 Å². The van der Waals surface area contributed by atoms with Crippen LogP contribution in [0.15, 0.2) is 40.6 Å². The molecule has 2 heterocycles. The third kappa shape index (κ3) is 3.39. The van der Waals surface area contributed by atoms with Crippen LogP contribution in [0.1, 0.15) is 54.1 Å². The van der Waals surface area contributed by atoms with Gasteiger partial charge in [0.25, 0.3) is 5.91 Å². The molecule has 0 saturated heterocycles. The summed E-state index contributed by atoms with van der Waals surface area (Å²) in [4.78, 5) is 17.5. The molecule has 0 radical (unpaired) electrons. The van der Waals surface area contributed by atoms with Gasteiger partial charge in [0.15, 0.2) is 5.66 Å². The van der Waals surface area contributed by atoms with Gasteiger partial charge in [0.2, 0.25) is 0 Å². The van der Waals surface area contributed by atoms with Gasteiger partial charge < -0.3 is 5.32 Å². The van der Waals surface area contributed by atoms with Crippen molar-refractivity contribution < 1.29 is 4.79 Å². The predicted octanol–water partition coefficient (Wildman–Crippen LogP) is 3.81. The van der Waals surface area contributed by atoms with Crippen LogP contribution in [0.4, 0.5) is 0 Å². The Hall–Kier alpha value is -2.74. The van der Waals surface area contributed by atoms with Gasteiger partial charge in [0.1, 0.15) is 0 Å². The smallest absolute Gasteiger partial charge is 0.252 e. The Morgan fingerprint density at radius 3 is 2.80 bits per heavy atom. The number of fused-ring (bicyclic) bond motifs is 1. The number of carbonyl (C=O) groups excluding carboxylic acids is 1. The monoisotopic (exact) mass is 332 g/mol. The Bertz CT molecular complexity index is 886. The Kier molecular flexibility index (Phi) is 3.96. The van der Waals surface area contributed by atoms with Crippen molar-refractivity contribution in [1.29, 1.82) is 0 Å². The first-order chi connectivity index (χ1) is 12.2. The molecule has 1 amide bonds. The lowest BCUT2D eigenvalue weighted by Gasteiger charge is -2.12. The van der Waals surface area contributed by atoms with Crippen LogP contribution in [-0.2, 0) is 0 Å². The molecule has 1 fully saturated rings. The van der Waals surface area contributed by atoms with Crippen LogP contribution in [0.25, 0.3) is 10.9 Å². The highest BCUT2D eigenvalue weighted by Crippen LogP contribution is 2.40. The number of amides is 1. The van der Waals surface area contributed by atoms with Crippen LogP contribution >= 0.6 is 0 Å². The quantitative estimate of drug-likeness (QED) is 0.784. The van der Waals surface area contributed by atoms with E-state index in [9.17, 15) is 4.79 Å². The summed E-state index contributed by atoms with van der Waals surface area (Å²) in [7, 11) is 0. The maximum absolute atomic E-state index is 12.7. The summed E-state index contributed by atoms with van der Waals surface area (Å²) < 4.78 is 0. The van der Waals surface area contributed by atoms with E-state index < -0.39 is 0 Å². The Morgan fingerprint density at radius 2 is 2.08 bits per heavy atom. The Morgan fingerprint density at radius 1 is 1.28 bits per heavy atom. The largest absolute Gasteiger partial charge is 0.352 e. The second-order valence-electron chi connectivity index (χ2n) is 6.78. The van der Waals surface area contributed by atoms with Gasteiger partial charge in [0.05, 0.1) is 11.1 Å². The average molecular weight is 332 g/mol. The highest BCUT2D eigenvalue weighted by Gasteiger charge is 2.38. The first-order valence-corrected chi connectivity index (χ1v) is 8.76. The van der Waals surface area contributed by atoms with Crippen LogP contribution in [0, 0.1) is 12.3 Å². The molecular formula is C20H20N4O. The summed E-state index contributed by atoms with van der Waals surface area (Å²) in [5.41, 5.74) is 2.25. The lowest BCUT2D eigenvalue weighted by molar-refractivity contribution is 0.0953. The average Bonchev–Trinajstić information content (AvgIpc) is 3.54. The number of pyridine rings is 1. The van der Waals surface area contributed by atoms with Crippen LogP contribution < -0.4 is 5.32 Å². The highest BCUT2D eigenvalue weighted by molar-refractivity contribution is 6.06. The normalized spacial score (nSPS) is 17.2. The molecule has 2 aromatic rings. The fourth-order valence-electron chi connectivity index (χ4n) is 3.11. The van der Waals surface area contributed by atoms with E-state index in [-0.39, 0.29) is 11.6 Å². The number of hydrogen-bond donors (Lipinski definition) is 1. The number of carbonyl (C=O) groups is 1. The summed E-state index contributed by atoms with van der Waals surface area (Å²) in [5.74, 6) is 3.06. The fourth-order valence-corrected chi connectivity index (χ4v) is 3.11. The third-order valence-electron chi connectivity index (χ3n) is 4.84. The van der Waals surface area contributed by atoms with Crippen molar-refractivity contribution >= 4 is 16.8 Å². The van der Waals surface area contributed by atoms with Crippen LogP contribution in [0.3, 0.4) is 0 Å². The molecule has 1 saturated carbocycles. The molecule has 2 aliphatic rings. The molecule has 0 spiro atoms. The minimum atomic E-state index is -0.362. The van der Waals surface area contributed by atoms with E-state index in [0.29, 0.717) is 30.9 Å². The first kappa shape index (κ1) is 15.8. The molecule has 0 bridgehead atoms. The van der Waals surface area contributed by atoms with E-state index in [0.717, 1.165) is 35.9 Å². The highest BCUT2D eigenvalue weighted by atomic mass is 16.1. The lowest BCUT2D eigenvalue weighted by atomic mass is 10.0. The minimum absolute atomic E-state index is 0.0618. The van der Waals surface area contributed by atoms with Crippen molar-refractivity contribution in [2.75, 3.05) is 6.54 Å². The second kappa shape index (κ2) is 6.29. The molecule has 0 unspecified atom stereocenters. The van der Waals surface area contributed by atoms with Crippen molar-refractivity contribution in [2.24, 2.45) is 10.2 Å².